The number of amides is 1. The van der Waals surface area contributed by atoms with Crippen LogP contribution in [0.5, 0.6) is 0 Å². The minimum absolute atomic E-state index is 0.125. The van der Waals surface area contributed by atoms with E-state index in [4.69, 9.17) is 0 Å². The van der Waals surface area contributed by atoms with Gasteiger partial charge in [-0.15, -0.1) is 0 Å². The zero-order chi connectivity index (χ0) is 20.0. The van der Waals surface area contributed by atoms with Crippen molar-refractivity contribution in [3.63, 3.8) is 0 Å². The molecule has 3 heterocycles. The average Bonchev–Trinajstić information content (AvgIpc) is 3.06. The molecule has 0 aliphatic carbocycles. The largest absolute Gasteiger partial charge is 0.328 e. The zero-order valence-corrected chi connectivity index (χ0v) is 15.3. The topological polar surface area (TPSA) is 46.1 Å². The molecule has 5 rings (SSSR count). The van der Waals surface area contributed by atoms with Crippen LogP contribution in [0.25, 0.3) is 21.9 Å². The molecule has 0 unspecified atom stereocenters. The number of pyridine rings is 2. The molecule has 2 aromatic carbocycles. The Balaban J connectivity index is 1.46. The first-order valence-corrected chi connectivity index (χ1v) is 9.15. The molecule has 1 amide bonds. The molecule has 1 aliphatic rings. The highest BCUT2D eigenvalue weighted by molar-refractivity contribution is 5.97. The van der Waals surface area contributed by atoms with Gasteiger partial charge in [-0.2, -0.15) is 0 Å². The van der Waals surface area contributed by atoms with E-state index in [0.717, 1.165) is 10.8 Å². The van der Waals surface area contributed by atoms with Crippen LogP contribution < -0.4 is 0 Å². The van der Waals surface area contributed by atoms with Crippen molar-refractivity contribution in [3.8, 4) is 11.1 Å². The molecule has 0 N–H and O–H groups in total. The molecule has 4 nitrogen and oxygen atoms in total. The van der Waals surface area contributed by atoms with Gasteiger partial charge >= 0.3 is 0 Å². The second-order valence-electron chi connectivity index (χ2n) is 7.01. The van der Waals surface area contributed by atoms with Gasteiger partial charge in [-0.05, 0) is 52.9 Å². The van der Waals surface area contributed by atoms with Crippen LogP contribution in [-0.4, -0.2) is 20.8 Å². The van der Waals surface area contributed by atoms with Gasteiger partial charge in [0.15, 0.2) is 0 Å². The molecule has 0 bridgehead atoms. The number of benzene rings is 2. The molecule has 1 aliphatic heterocycles. The Labute approximate surface area is 165 Å². The van der Waals surface area contributed by atoms with Crippen molar-refractivity contribution in [2.75, 3.05) is 0 Å². The van der Waals surface area contributed by atoms with E-state index < -0.39 is 11.6 Å². The van der Waals surface area contributed by atoms with Crippen LogP contribution in [0.4, 0.5) is 8.78 Å². The molecule has 0 atom stereocenters. The molecule has 4 aromatic rings. The van der Waals surface area contributed by atoms with Gasteiger partial charge in [0.05, 0.1) is 24.3 Å². The molecule has 6 heteroatoms. The summed E-state index contributed by atoms with van der Waals surface area (Å²) >= 11 is 0. The maximum absolute atomic E-state index is 14.8. The number of aromatic nitrogens is 2. The van der Waals surface area contributed by atoms with Gasteiger partial charge in [0.2, 0.25) is 0 Å². The molecular weight excluding hydrogens is 372 g/mol. The smallest absolute Gasteiger partial charge is 0.256 e. The lowest BCUT2D eigenvalue weighted by Gasteiger charge is -2.17. The zero-order valence-electron chi connectivity index (χ0n) is 15.3. The molecular formula is C23H15F2N3O. The number of hydrogen-bond acceptors (Lipinski definition) is 3. The summed E-state index contributed by atoms with van der Waals surface area (Å²) in [6, 6.07) is 13.4. The lowest BCUT2D eigenvalue weighted by atomic mass is 10.00. The molecule has 0 spiro atoms. The monoisotopic (exact) mass is 387 g/mol. The van der Waals surface area contributed by atoms with E-state index >= 15 is 0 Å². The Hall–Kier alpha value is -3.67. The second kappa shape index (κ2) is 6.74. The Kier molecular flexibility index (Phi) is 4.05. The molecule has 0 saturated heterocycles. The standard InChI is InChI=1S/C23H15F2N3O/c24-20-9-17(14-3-4-16-11-26-7-5-15(16)8-14)10-21(25)19(20)12-28-13-22-18(23(28)29)2-1-6-27-22/h1-11H,12-13H2. The number of nitrogens with zero attached hydrogens (tertiary/aromatic N) is 3. The first-order valence-electron chi connectivity index (χ1n) is 9.15. The third-order valence-corrected chi connectivity index (χ3v) is 5.21. The SMILES string of the molecule is O=C1c2cccnc2CN1Cc1c(F)cc(-c2ccc3cnccc3c2)cc1F. The molecule has 2 aromatic heterocycles. The summed E-state index contributed by atoms with van der Waals surface area (Å²) in [4.78, 5) is 22.1. The Morgan fingerprint density at radius 1 is 0.931 bits per heavy atom. The number of halogens is 2. The van der Waals surface area contributed by atoms with Crippen molar-refractivity contribution in [2.24, 2.45) is 0 Å². The minimum Gasteiger partial charge on any atom is -0.328 e. The maximum Gasteiger partial charge on any atom is 0.256 e. The fourth-order valence-electron chi connectivity index (χ4n) is 3.68. The van der Waals surface area contributed by atoms with E-state index in [1.165, 1.54) is 17.0 Å². The molecule has 0 fully saturated rings. The minimum atomic E-state index is -0.674. The number of hydrogen-bond donors (Lipinski definition) is 0. The van der Waals surface area contributed by atoms with E-state index in [-0.39, 0.29) is 24.6 Å². The van der Waals surface area contributed by atoms with E-state index in [9.17, 15) is 13.6 Å². The van der Waals surface area contributed by atoms with E-state index in [0.29, 0.717) is 22.4 Å². The lowest BCUT2D eigenvalue weighted by molar-refractivity contribution is 0.0763. The highest BCUT2D eigenvalue weighted by atomic mass is 19.1. The van der Waals surface area contributed by atoms with Gasteiger partial charge in [0.1, 0.15) is 11.6 Å². The van der Waals surface area contributed by atoms with Crippen LogP contribution in [0.3, 0.4) is 0 Å². The first-order chi connectivity index (χ1) is 14.1. The summed E-state index contributed by atoms with van der Waals surface area (Å²) in [6.07, 6.45) is 5.02. The predicted octanol–water partition coefficient (Wildman–Crippen LogP) is 4.73. The van der Waals surface area contributed by atoms with Crippen LogP contribution in [0.15, 0.2) is 67.1 Å². The number of fused-ring (bicyclic) bond motifs is 2. The van der Waals surface area contributed by atoms with Crippen LogP contribution in [0.1, 0.15) is 21.6 Å². The van der Waals surface area contributed by atoms with Crippen molar-refractivity contribution in [3.05, 3.63) is 95.6 Å². The van der Waals surface area contributed by atoms with E-state index in [1.54, 1.807) is 30.7 Å². The summed E-state index contributed by atoms with van der Waals surface area (Å²) in [5.74, 6) is -1.61. The fourth-order valence-corrected chi connectivity index (χ4v) is 3.68. The van der Waals surface area contributed by atoms with Gasteiger partial charge in [-0.1, -0.05) is 12.1 Å². The van der Waals surface area contributed by atoms with Gasteiger partial charge in [0, 0.05) is 29.5 Å². The van der Waals surface area contributed by atoms with Crippen LogP contribution >= 0.6 is 0 Å². The third-order valence-electron chi connectivity index (χ3n) is 5.21. The maximum atomic E-state index is 14.8. The quantitative estimate of drug-likeness (QED) is 0.511. The molecule has 0 radical (unpaired) electrons. The number of carbonyl (C=O) groups excluding carboxylic acids is 1. The third kappa shape index (κ3) is 3.02. The summed E-state index contributed by atoms with van der Waals surface area (Å²) in [6.45, 7) is 0.102. The van der Waals surface area contributed by atoms with Gasteiger partial charge in [-0.3, -0.25) is 14.8 Å². The van der Waals surface area contributed by atoms with E-state index in [1.807, 2.05) is 24.3 Å². The van der Waals surface area contributed by atoms with Crippen molar-refractivity contribution in [1.29, 1.82) is 0 Å². The number of rotatable bonds is 3. The molecule has 29 heavy (non-hydrogen) atoms. The van der Waals surface area contributed by atoms with Gasteiger partial charge in [-0.25, -0.2) is 8.78 Å². The number of carbonyl (C=O) groups is 1. The van der Waals surface area contributed by atoms with Crippen molar-refractivity contribution >= 4 is 16.7 Å². The average molecular weight is 387 g/mol. The van der Waals surface area contributed by atoms with Crippen LogP contribution in [0.2, 0.25) is 0 Å². The Morgan fingerprint density at radius 3 is 2.55 bits per heavy atom. The van der Waals surface area contributed by atoms with E-state index in [2.05, 4.69) is 9.97 Å². The first kappa shape index (κ1) is 17.4. The normalized spacial score (nSPS) is 13.2. The van der Waals surface area contributed by atoms with Crippen LogP contribution in [-0.2, 0) is 13.1 Å². The van der Waals surface area contributed by atoms with Gasteiger partial charge < -0.3 is 4.90 Å². The molecule has 142 valence electrons. The highest BCUT2D eigenvalue weighted by Crippen LogP contribution is 2.29. The highest BCUT2D eigenvalue weighted by Gasteiger charge is 2.29. The Bertz CT molecular complexity index is 1250. The summed E-state index contributed by atoms with van der Waals surface area (Å²) in [5, 5.41) is 1.89. The van der Waals surface area contributed by atoms with Crippen molar-refractivity contribution in [2.45, 2.75) is 13.1 Å². The fraction of sp³-hybridized carbons (Fsp3) is 0.0870. The van der Waals surface area contributed by atoms with Crippen molar-refractivity contribution < 1.29 is 13.6 Å². The predicted molar refractivity (Wildman–Crippen MR) is 105 cm³/mol. The second-order valence-corrected chi connectivity index (χ2v) is 7.01. The summed E-state index contributed by atoms with van der Waals surface area (Å²) in [7, 11) is 0. The van der Waals surface area contributed by atoms with Crippen LogP contribution in [0, 0.1) is 11.6 Å². The van der Waals surface area contributed by atoms with Crippen molar-refractivity contribution in [1.82, 2.24) is 14.9 Å². The summed E-state index contributed by atoms with van der Waals surface area (Å²) < 4.78 is 29.6. The molecule has 0 saturated carbocycles. The van der Waals surface area contributed by atoms with Gasteiger partial charge in [0.25, 0.3) is 5.91 Å². The Morgan fingerprint density at radius 2 is 1.76 bits per heavy atom. The summed E-state index contributed by atoms with van der Waals surface area (Å²) in [5.41, 5.74) is 2.14. The lowest BCUT2D eigenvalue weighted by Crippen LogP contribution is -2.24.